The molecule has 1 saturated carbocycles. The smallest absolute Gasteiger partial charge is 0.0105 e. The first kappa shape index (κ1) is 8.54. The molecule has 0 aromatic heterocycles. The van der Waals surface area contributed by atoms with Crippen LogP contribution >= 0.6 is 0 Å². The van der Waals surface area contributed by atoms with Crippen molar-refractivity contribution in [2.24, 2.45) is 0 Å². The van der Waals surface area contributed by atoms with Gasteiger partial charge < -0.3 is 0 Å². The quantitative estimate of drug-likeness (QED) is 0.550. The minimum Gasteiger partial charge on any atom is -0.0991 e. The van der Waals surface area contributed by atoms with Crippen LogP contribution in [0.4, 0.5) is 0 Å². The normalized spacial score (nSPS) is 22.2. The second-order valence-electron chi connectivity index (χ2n) is 2.50. The van der Waals surface area contributed by atoms with Crippen LogP contribution in [-0.4, -0.2) is 0 Å². The van der Waals surface area contributed by atoms with E-state index in [0.29, 0.717) is 0 Å². The maximum atomic E-state index is 3.88. The van der Waals surface area contributed by atoms with Crippen molar-refractivity contribution in [3.05, 3.63) is 72.9 Å². The summed E-state index contributed by atoms with van der Waals surface area (Å²) in [4.78, 5) is 0. The summed E-state index contributed by atoms with van der Waals surface area (Å²) in [5.41, 5.74) is 3.54. The lowest BCUT2D eigenvalue weighted by atomic mass is 10.4. The van der Waals surface area contributed by atoms with Crippen LogP contribution in [0, 0.1) is 0 Å². The average molecular weight is 156 g/mol. The van der Waals surface area contributed by atoms with Crippen LogP contribution in [0.15, 0.2) is 72.9 Å². The van der Waals surface area contributed by atoms with E-state index in [0.717, 1.165) is 5.57 Å². The number of hydrogen-bond acceptors (Lipinski definition) is 0. The lowest BCUT2D eigenvalue weighted by Crippen LogP contribution is -1.48. The summed E-state index contributed by atoms with van der Waals surface area (Å²) >= 11 is 0. The Labute approximate surface area is 73.6 Å². The second kappa shape index (κ2) is 3.72. The Morgan fingerprint density at radius 1 is 0.833 bits per heavy atom. The fraction of sp³-hybridized carbons (Fsp3) is 0. The molecule has 1 fully saturated rings. The zero-order chi connectivity index (χ0) is 8.97. The average Bonchev–Trinajstić information content (AvgIpc) is 2.65. The molecular formula is C12H12. The van der Waals surface area contributed by atoms with Gasteiger partial charge in [-0.1, -0.05) is 56.2 Å². The van der Waals surface area contributed by atoms with E-state index in [-0.39, 0.29) is 0 Å². The summed E-state index contributed by atoms with van der Waals surface area (Å²) in [7, 11) is 0. The van der Waals surface area contributed by atoms with Gasteiger partial charge >= 0.3 is 0 Å². The zero-order valence-corrected chi connectivity index (χ0v) is 7.09. The van der Waals surface area contributed by atoms with Gasteiger partial charge in [0.2, 0.25) is 0 Å². The lowest BCUT2D eigenvalue weighted by Gasteiger charge is -1.69. The first-order valence-electron chi connectivity index (χ1n) is 3.83. The fourth-order valence-corrected chi connectivity index (χ4v) is 0.989. The Morgan fingerprint density at radius 3 is 2.08 bits per heavy atom. The molecule has 1 aliphatic carbocycles. The van der Waals surface area contributed by atoms with Gasteiger partial charge in [-0.3, -0.25) is 0 Å². The molecule has 0 radical (unpaired) electrons. The summed E-state index contributed by atoms with van der Waals surface area (Å²) in [6.45, 7) is 11.1. The van der Waals surface area contributed by atoms with Gasteiger partial charge in [0.1, 0.15) is 0 Å². The number of allylic oxidation sites excluding steroid dienone is 9. The van der Waals surface area contributed by atoms with Gasteiger partial charge in [-0.25, -0.2) is 0 Å². The Balaban J connectivity index is 2.70. The molecule has 0 heterocycles. The van der Waals surface area contributed by atoms with Crippen molar-refractivity contribution in [3.63, 3.8) is 0 Å². The monoisotopic (exact) mass is 156 g/mol. The molecule has 0 bridgehead atoms. The van der Waals surface area contributed by atoms with Crippen LogP contribution in [-0.2, 0) is 0 Å². The molecule has 0 aromatic carbocycles. The summed E-state index contributed by atoms with van der Waals surface area (Å²) < 4.78 is 0. The van der Waals surface area contributed by atoms with Crippen LogP contribution in [0.5, 0.6) is 0 Å². The van der Waals surface area contributed by atoms with E-state index in [4.69, 9.17) is 0 Å². The Kier molecular flexibility index (Phi) is 2.65. The minimum absolute atomic E-state index is 1.11. The van der Waals surface area contributed by atoms with Crippen molar-refractivity contribution in [2.45, 2.75) is 0 Å². The second-order valence-corrected chi connectivity index (χ2v) is 2.50. The van der Waals surface area contributed by atoms with Crippen LogP contribution < -0.4 is 0 Å². The largest absolute Gasteiger partial charge is 0.0991 e. The summed E-state index contributed by atoms with van der Waals surface area (Å²) in [5, 5.41) is 0. The van der Waals surface area contributed by atoms with Gasteiger partial charge in [0.05, 0.1) is 0 Å². The molecule has 0 nitrogen and oxygen atoms in total. The molecule has 0 aromatic rings. The standard InChI is InChI=1S/C12H12/c1-4-6-7-9-12-10(3)11(12)8-5-2/h4-9H,1-3H2/b7-6+,11-8+,12-9-. The predicted molar refractivity (Wildman–Crippen MR) is 54.8 cm³/mol. The van der Waals surface area contributed by atoms with Crippen LogP contribution in [0.1, 0.15) is 0 Å². The third-order valence-electron chi connectivity index (χ3n) is 1.67. The highest BCUT2D eigenvalue weighted by atomic mass is 14.3. The van der Waals surface area contributed by atoms with E-state index in [1.54, 1.807) is 12.2 Å². The van der Waals surface area contributed by atoms with Crippen LogP contribution in [0.25, 0.3) is 0 Å². The molecule has 0 aliphatic heterocycles. The molecule has 1 aliphatic rings. The van der Waals surface area contributed by atoms with Gasteiger partial charge in [0.15, 0.2) is 0 Å². The molecule has 0 atom stereocenters. The van der Waals surface area contributed by atoms with Crippen molar-refractivity contribution in [1.82, 2.24) is 0 Å². The molecule has 12 heavy (non-hydrogen) atoms. The van der Waals surface area contributed by atoms with Gasteiger partial charge in [0.25, 0.3) is 0 Å². The number of rotatable bonds is 3. The molecular weight excluding hydrogens is 144 g/mol. The Bertz CT molecular complexity index is 309. The van der Waals surface area contributed by atoms with Crippen LogP contribution in [0.3, 0.4) is 0 Å². The van der Waals surface area contributed by atoms with Crippen LogP contribution in [0.2, 0.25) is 0 Å². The topological polar surface area (TPSA) is 0 Å². The van der Waals surface area contributed by atoms with E-state index >= 15 is 0 Å². The third kappa shape index (κ3) is 1.73. The fourth-order valence-electron chi connectivity index (χ4n) is 0.989. The zero-order valence-electron chi connectivity index (χ0n) is 7.09. The first-order valence-corrected chi connectivity index (χ1v) is 3.83. The predicted octanol–water partition coefficient (Wildman–Crippen LogP) is 3.34. The molecule has 0 unspecified atom stereocenters. The van der Waals surface area contributed by atoms with Gasteiger partial charge in [-0.15, -0.1) is 0 Å². The van der Waals surface area contributed by atoms with Crippen molar-refractivity contribution in [1.29, 1.82) is 0 Å². The molecule has 0 saturated heterocycles. The maximum Gasteiger partial charge on any atom is -0.0105 e. The highest BCUT2D eigenvalue weighted by Gasteiger charge is 2.25. The number of hydrogen-bond donors (Lipinski definition) is 0. The van der Waals surface area contributed by atoms with E-state index in [1.165, 1.54) is 11.1 Å². The molecule has 0 heteroatoms. The minimum atomic E-state index is 1.11. The van der Waals surface area contributed by atoms with Crippen molar-refractivity contribution in [3.8, 4) is 0 Å². The van der Waals surface area contributed by atoms with E-state index in [2.05, 4.69) is 19.7 Å². The molecule has 0 spiro atoms. The summed E-state index contributed by atoms with van der Waals surface area (Å²) in [6, 6.07) is 0. The SMILES string of the molecule is C=C/C=C/C=C1/C(=C)/C1=C\C=C. The molecule has 0 amide bonds. The van der Waals surface area contributed by atoms with E-state index in [1.807, 2.05) is 24.3 Å². The third-order valence-corrected chi connectivity index (χ3v) is 1.67. The maximum absolute atomic E-state index is 3.88. The molecule has 0 N–H and O–H groups in total. The van der Waals surface area contributed by atoms with E-state index < -0.39 is 0 Å². The highest BCUT2D eigenvalue weighted by Crippen LogP contribution is 2.42. The van der Waals surface area contributed by atoms with Crippen molar-refractivity contribution in [2.75, 3.05) is 0 Å². The lowest BCUT2D eigenvalue weighted by molar-refractivity contribution is 1.87. The molecule has 60 valence electrons. The van der Waals surface area contributed by atoms with Gasteiger partial charge in [-0.2, -0.15) is 0 Å². The van der Waals surface area contributed by atoms with Crippen molar-refractivity contribution >= 4 is 0 Å². The van der Waals surface area contributed by atoms with Crippen molar-refractivity contribution < 1.29 is 0 Å². The first-order chi connectivity index (χ1) is 5.81. The highest BCUT2D eigenvalue weighted by molar-refractivity contribution is 5.78. The van der Waals surface area contributed by atoms with Gasteiger partial charge in [0, 0.05) is 0 Å². The Morgan fingerprint density at radius 2 is 1.50 bits per heavy atom. The summed E-state index contributed by atoms with van der Waals surface area (Å²) in [5.74, 6) is 0. The Hall–Kier alpha value is -1.56. The van der Waals surface area contributed by atoms with Gasteiger partial charge in [-0.05, 0) is 16.7 Å². The molecule has 1 rings (SSSR count). The van der Waals surface area contributed by atoms with E-state index in [9.17, 15) is 0 Å². The summed E-state index contributed by atoms with van der Waals surface area (Å²) in [6.07, 6.45) is 11.4.